The van der Waals surface area contributed by atoms with Gasteiger partial charge in [-0.2, -0.15) is 5.10 Å². The lowest BCUT2D eigenvalue weighted by atomic mass is 10.1. The molecule has 5 heteroatoms. The van der Waals surface area contributed by atoms with Gasteiger partial charge in [-0.3, -0.25) is 0 Å². The highest BCUT2D eigenvalue weighted by Gasteiger charge is 2.15. The first kappa shape index (κ1) is 13.9. The number of aromatic nitrogens is 2. The molecule has 0 aliphatic heterocycles. The van der Waals surface area contributed by atoms with E-state index in [1.54, 1.807) is 0 Å². The van der Waals surface area contributed by atoms with Crippen LogP contribution in [0.15, 0.2) is 30.5 Å². The van der Waals surface area contributed by atoms with Crippen molar-refractivity contribution < 1.29 is 0 Å². The van der Waals surface area contributed by atoms with Crippen molar-refractivity contribution in [3.05, 3.63) is 41.2 Å². The van der Waals surface area contributed by atoms with Gasteiger partial charge in [0.25, 0.3) is 0 Å². The van der Waals surface area contributed by atoms with Crippen molar-refractivity contribution in [1.82, 2.24) is 9.78 Å². The standard InChI is InChI=1S/C14H19ClN4/c1-10(2)14-13(17-7-6-16)9-18-19(14)12-5-3-4-11(15)8-12/h3-5,8-10,17H,6-7,16H2,1-2H3. The van der Waals surface area contributed by atoms with Crippen LogP contribution in [0.4, 0.5) is 5.69 Å². The van der Waals surface area contributed by atoms with Gasteiger partial charge in [-0.05, 0) is 24.1 Å². The first-order valence-electron chi connectivity index (χ1n) is 6.41. The Balaban J connectivity index is 2.43. The molecule has 0 amide bonds. The van der Waals surface area contributed by atoms with Crippen molar-refractivity contribution in [2.24, 2.45) is 5.73 Å². The first-order chi connectivity index (χ1) is 9.13. The van der Waals surface area contributed by atoms with Crippen LogP contribution in [-0.2, 0) is 0 Å². The molecule has 0 aliphatic carbocycles. The van der Waals surface area contributed by atoms with Crippen LogP contribution in [0.1, 0.15) is 25.5 Å². The number of benzene rings is 1. The first-order valence-corrected chi connectivity index (χ1v) is 6.79. The Hall–Kier alpha value is -1.52. The molecule has 0 bridgehead atoms. The maximum atomic E-state index is 6.04. The third kappa shape index (κ3) is 3.08. The van der Waals surface area contributed by atoms with Crippen molar-refractivity contribution in [2.45, 2.75) is 19.8 Å². The monoisotopic (exact) mass is 278 g/mol. The van der Waals surface area contributed by atoms with Crippen molar-refractivity contribution in [1.29, 1.82) is 0 Å². The van der Waals surface area contributed by atoms with E-state index in [1.807, 2.05) is 35.1 Å². The van der Waals surface area contributed by atoms with Crippen LogP contribution in [0.25, 0.3) is 5.69 Å². The lowest BCUT2D eigenvalue weighted by Gasteiger charge is -2.13. The molecule has 0 unspecified atom stereocenters. The van der Waals surface area contributed by atoms with E-state index in [2.05, 4.69) is 24.3 Å². The fourth-order valence-corrected chi connectivity index (χ4v) is 2.25. The van der Waals surface area contributed by atoms with Gasteiger partial charge < -0.3 is 11.1 Å². The normalized spacial score (nSPS) is 11.0. The molecule has 1 aromatic carbocycles. The smallest absolute Gasteiger partial charge is 0.0767 e. The van der Waals surface area contributed by atoms with E-state index >= 15 is 0 Å². The summed E-state index contributed by atoms with van der Waals surface area (Å²) in [6.45, 7) is 5.62. The van der Waals surface area contributed by atoms with E-state index in [0.717, 1.165) is 23.6 Å². The van der Waals surface area contributed by atoms with Crippen LogP contribution < -0.4 is 11.1 Å². The second kappa shape index (κ2) is 6.08. The van der Waals surface area contributed by atoms with Gasteiger partial charge in [-0.25, -0.2) is 4.68 Å². The number of hydrogen-bond acceptors (Lipinski definition) is 3. The summed E-state index contributed by atoms with van der Waals surface area (Å²) in [5.74, 6) is 0.349. The minimum atomic E-state index is 0.349. The quantitative estimate of drug-likeness (QED) is 0.884. The van der Waals surface area contributed by atoms with Crippen LogP contribution in [-0.4, -0.2) is 22.9 Å². The van der Waals surface area contributed by atoms with Gasteiger partial charge in [0.15, 0.2) is 0 Å². The molecule has 0 spiro atoms. The lowest BCUT2D eigenvalue weighted by Crippen LogP contribution is -2.14. The SMILES string of the molecule is CC(C)c1c(NCCN)cnn1-c1cccc(Cl)c1. The molecule has 102 valence electrons. The minimum absolute atomic E-state index is 0.349. The molecule has 2 aromatic rings. The van der Waals surface area contributed by atoms with Gasteiger partial charge in [0.2, 0.25) is 0 Å². The number of hydrogen-bond donors (Lipinski definition) is 2. The molecular formula is C14H19ClN4. The highest BCUT2D eigenvalue weighted by Crippen LogP contribution is 2.27. The molecule has 0 saturated heterocycles. The fraction of sp³-hybridized carbons (Fsp3) is 0.357. The average molecular weight is 279 g/mol. The number of nitrogens with one attached hydrogen (secondary N) is 1. The van der Waals surface area contributed by atoms with Gasteiger partial charge in [-0.15, -0.1) is 0 Å². The summed E-state index contributed by atoms with van der Waals surface area (Å²) in [4.78, 5) is 0. The van der Waals surface area contributed by atoms with Gasteiger partial charge >= 0.3 is 0 Å². The van der Waals surface area contributed by atoms with Crippen molar-refractivity contribution in [2.75, 3.05) is 18.4 Å². The van der Waals surface area contributed by atoms with E-state index in [4.69, 9.17) is 17.3 Å². The summed E-state index contributed by atoms with van der Waals surface area (Å²) in [6.07, 6.45) is 1.84. The lowest BCUT2D eigenvalue weighted by molar-refractivity contribution is 0.735. The predicted octanol–water partition coefficient (Wildman–Crippen LogP) is 3.02. The molecule has 1 aromatic heterocycles. The molecule has 0 fully saturated rings. The Bertz CT molecular complexity index is 548. The van der Waals surface area contributed by atoms with E-state index in [1.165, 1.54) is 0 Å². The second-order valence-corrected chi connectivity index (χ2v) is 5.14. The highest BCUT2D eigenvalue weighted by molar-refractivity contribution is 6.30. The van der Waals surface area contributed by atoms with Crippen LogP contribution >= 0.6 is 11.6 Å². The highest BCUT2D eigenvalue weighted by atomic mass is 35.5. The molecule has 0 saturated carbocycles. The Kier molecular flexibility index (Phi) is 4.45. The van der Waals surface area contributed by atoms with Crippen molar-refractivity contribution in [3.63, 3.8) is 0 Å². The topological polar surface area (TPSA) is 55.9 Å². The maximum absolute atomic E-state index is 6.04. The molecule has 3 N–H and O–H groups in total. The third-order valence-electron chi connectivity index (χ3n) is 2.87. The minimum Gasteiger partial charge on any atom is -0.381 e. The molecular weight excluding hydrogens is 260 g/mol. The summed E-state index contributed by atoms with van der Waals surface area (Å²) >= 11 is 6.04. The van der Waals surface area contributed by atoms with E-state index in [0.29, 0.717) is 17.5 Å². The van der Waals surface area contributed by atoms with E-state index < -0.39 is 0 Å². The van der Waals surface area contributed by atoms with Crippen molar-refractivity contribution in [3.8, 4) is 5.69 Å². The van der Waals surface area contributed by atoms with Gasteiger partial charge in [0.05, 0.1) is 23.3 Å². The molecule has 2 rings (SSSR count). The number of nitrogens with two attached hydrogens (primary N) is 1. The summed E-state index contributed by atoms with van der Waals surface area (Å²) < 4.78 is 1.93. The number of halogens is 1. The predicted molar refractivity (Wildman–Crippen MR) is 80.2 cm³/mol. The fourth-order valence-electron chi connectivity index (χ4n) is 2.07. The zero-order valence-corrected chi connectivity index (χ0v) is 12.0. The number of nitrogens with zero attached hydrogens (tertiary/aromatic N) is 2. The second-order valence-electron chi connectivity index (χ2n) is 4.71. The van der Waals surface area contributed by atoms with Gasteiger partial charge in [0, 0.05) is 18.1 Å². The summed E-state index contributed by atoms with van der Waals surface area (Å²) in [6, 6.07) is 7.69. The molecule has 0 radical (unpaired) electrons. The Morgan fingerprint density at radius 3 is 2.84 bits per heavy atom. The molecule has 1 heterocycles. The largest absolute Gasteiger partial charge is 0.381 e. The van der Waals surface area contributed by atoms with Gasteiger partial charge in [-0.1, -0.05) is 31.5 Å². The molecule has 0 atom stereocenters. The van der Waals surface area contributed by atoms with Crippen LogP contribution in [0, 0.1) is 0 Å². The zero-order valence-electron chi connectivity index (χ0n) is 11.2. The van der Waals surface area contributed by atoms with E-state index in [-0.39, 0.29) is 0 Å². The molecule has 0 aliphatic rings. The van der Waals surface area contributed by atoms with Crippen LogP contribution in [0.2, 0.25) is 5.02 Å². The molecule has 19 heavy (non-hydrogen) atoms. The Morgan fingerprint density at radius 1 is 1.42 bits per heavy atom. The van der Waals surface area contributed by atoms with E-state index in [9.17, 15) is 0 Å². The maximum Gasteiger partial charge on any atom is 0.0767 e. The average Bonchev–Trinajstić information content (AvgIpc) is 2.80. The zero-order chi connectivity index (χ0) is 13.8. The van der Waals surface area contributed by atoms with Crippen LogP contribution in [0.3, 0.4) is 0 Å². The number of rotatable bonds is 5. The van der Waals surface area contributed by atoms with Crippen molar-refractivity contribution >= 4 is 17.3 Å². The summed E-state index contributed by atoms with van der Waals surface area (Å²) in [5, 5.41) is 8.47. The Morgan fingerprint density at radius 2 is 2.21 bits per heavy atom. The Labute approximate surface area is 118 Å². The summed E-state index contributed by atoms with van der Waals surface area (Å²) in [7, 11) is 0. The third-order valence-corrected chi connectivity index (χ3v) is 3.10. The molecule has 4 nitrogen and oxygen atoms in total. The van der Waals surface area contributed by atoms with Crippen LogP contribution in [0.5, 0.6) is 0 Å². The summed E-state index contributed by atoms with van der Waals surface area (Å²) in [5.41, 5.74) is 8.67. The number of anilines is 1. The van der Waals surface area contributed by atoms with Gasteiger partial charge in [0.1, 0.15) is 0 Å².